The zero-order valence-corrected chi connectivity index (χ0v) is 16.3. The Morgan fingerprint density at radius 3 is 2.44 bits per heavy atom. The van der Waals surface area contributed by atoms with E-state index in [1.54, 1.807) is 14.2 Å². The van der Waals surface area contributed by atoms with Crippen molar-refractivity contribution in [2.75, 3.05) is 26.5 Å². The first-order valence-corrected chi connectivity index (χ1v) is 8.81. The van der Waals surface area contributed by atoms with Gasteiger partial charge in [-0.3, -0.25) is 4.79 Å². The monoisotopic (exact) mass is 367 g/mol. The fourth-order valence-corrected chi connectivity index (χ4v) is 3.42. The lowest BCUT2D eigenvalue weighted by molar-refractivity contribution is 0.274. The maximum Gasteiger partial charge on any atom is 0.274 e. The number of anilines is 1. The summed E-state index contributed by atoms with van der Waals surface area (Å²) in [6, 6.07) is 11.5. The van der Waals surface area contributed by atoms with Crippen molar-refractivity contribution in [2.45, 2.75) is 19.0 Å². The van der Waals surface area contributed by atoms with Crippen LogP contribution in [0, 0.1) is 0 Å². The van der Waals surface area contributed by atoms with Crippen molar-refractivity contribution in [3.63, 3.8) is 0 Å². The standard InChI is InChI=1S/C20H25N5O2/c1-13(18(24(2)3)14-10-11-17(27-5)21-12-14)22-19-15-8-6-7-9-16(15)20(26)25(4)23-19/h6-13,18H,1-5H3,(H,22,23). The molecule has 0 spiro atoms. The molecule has 3 rings (SSSR count). The molecular weight excluding hydrogens is 342 g/mol. The van der Waals surface area contributed by atoms with Gasteiger partial charge in [0.1, 0.15) is 0 Å². The second-order valence-corrected chi connectivity index (χ2v) is 6.80. The maximum atomic E-state index is 12.3. The smallest absolute Gasteiger partial charge is 0.274 e. The molecule has 2 aromatic heterocycles. The number of fused-ring (bicyclic) bond motifs is 1. The summed E-state index contributed by atoms with van der Waals surface area (Å²) in [6.45, 7) is 2.09. The van der Waals surface area contributed by atoms with Gasteiger partial charge >= 0.3 is 0 Å². The number of pyridine rings is 1. The minimum Gasteiger partial charge on any atom is -0.481 e. The van der Waals surface area contributed by atoms with Crippen LogP contribution in [0.15, 0.2) is 47.4 Å². The van der Waals surface area contributed by atoms with Gasteiger partial charge < -0.3 is 15.0 Å². The molecule has 0 aliphatic carbocycles. The van der Waals surface area contributed by atoms with Crippen molar-refractivity contribution in [1.29, 1.82) is 0 Å². The van der Waals surface area contributed by atoms with Crippen molar-refractivity contribution >= 4 is 16.6 Å². The molecule has 2 heterocycles. The van der Waals surface area contributed by atoms with Crippen molar-refractivity contribution in [3.8, 4) is 5.88 Å². The Labute approximate surface area is 158 Å². The molecule has 2 unspecified atom stereocenters. The minimum absolute atomic E-state index is 0.0172. The van der Waals surface area contributed by atoms with Gasteiger partial charge in [0.2, 0.25) is 5.88 Å². The van der Waals surface area contributed by atoms with Crippen molar-refractivity contribution in [2.24, 2.45) is 7.05 Å². The number of nitrogens with zero attached hydrogens (tertiary/aromatic N) is 4. The van der Waals surface area contributed by atoms with E-state index in [2.05, 4.69) is 27.2 Å². The topological polar surface area (TPSA) is 72.3 Å². The second kappa shape index (κ2) is 7.75. The summed E-state index contributed by atoms with van der Waals surface area (Å²) in [4.78, 5) is 18.8. The number of aromatic nitrogens is 3. The molecule has 0 aliphatic heterocycles. The number of hydrogen-bond donors (Lipinski definition) is 1. The molecule has 27 heavy (non-hydrogen) atoms. The molecule has 7 nitrogen and oxygen atoms in total. The Bertz CT molecular complexity index is 982. The number of rotatable bonds is 6. The van der Waals surface area contributed by atoms with E-state index in [-0.39, 0.29) is 17.6 Å². The number of likely N-dealkylation sites (N-methyl/N-ethyl adjacent to an activating group) is 1. The number of nitrogens with one attached hydrogen (secondary N) is 1. The third-order valence-electron chi connectivity index (χ3n) is 4.66. The van der Waals surface area contributed by atoms with Gasteiger partial charge in [-0.05, 0) is 32.6 Å². The second-order valence-electron chi connectivity index (χ2n) is 6.80. The van der Waals surface area contributed by atoms with E-state index < -0.39 is 0 Å². The highest BCUT2D eigenvalue weighted by Gasteiger charge is 2.23. The molecule has 142 valence electrons. The van der Waals surface area contributed by atoms with Crippen LogP contribution < -0.4 is 15.6 Å². The molecule has 1 N–H and O–H groups in total. The lowest BCUT2D eigenvalue weighted by Gasteiger charge is -2.31. The summed E-state index contributed by atoms with van der Waals surface area (Å²) in [5, 5.41) is 9.40. The summed E-state index contributed by atoms with van der Waals surface area (Å²) in [6.07, 6.45) is 1.83. The molecule has 0 saturated heterocycles. The molecule has 0 amide bonds. The molecular formula is C20H25N5O2. The SMILES string of the molecule is COc1ccc(C(C(C)Nc2nn(C)c(=O)c3ccccc23)N(C)C)cn1. The summed E-state index contributed by atoms with van der Waals surface area (Å²) in [7, 11) is 7.33. The summed E-state index contributed by atoms with van der Waals surface area (Å²) in [5.74, 6) is 1.27. The van der Waals surface area contributed by atoms with Gasteiger partial charge in [-0.1, -0.05) is 24.3 Å². The van der Waals surface area contributed by atoms with Gasteiger partial charge in [0, 0.05) is 30.7 Å². The summed E-state index contributed by atoms with van der Waals surface area (Å²) >= 11 is 0. The molecule has 0 fully saturated rings. The summed E-state index contributed by atoms with van der Waals surface area (Å²) < 4.78 is 6.53. The zero-order chi connectivity index (χ0) is 19.6. The third kappa shape index (κ3) is 3.78. The van der Waals surface area contributed by atoms with E-state index in [1.807, 2.05) is 56.7 Å². The predicted octanol–water partition coefficient (Wildman–Crippen LogP) is 2.44. The highest BCUT2D eigenvalue weighted by molar-refractivity contribution is 5.90. The Kier molecular flexibility index (Phi) is 5.41. The highest BCUT2D eigenvalue weighted by atomic mass is 16.5. The van der Waals surface area contributed by atoms with Gasteiger partial charge in [-0.2, -0.15) is 5.10 Å². The molecule has 1 aromatic carbocycles. The van der Waals surface area contributed by atoms with Crippen LogP contribution in [-0.2, 0) is 7.05 Å². The molecule has 0 aliphatic rings. The van der Waals surface area contributed by atoms with Crippen LogP contribution in [0.1, 0.15) is 18.5 Å². The van der Waals surface area contributed by atoms with E-state index in [0.717, 1.165) is 10.9 Å². The fourth-order valence-electron chi connectivity index (χ4n) is 3.42. The summed E-state index contributed by atoms with van der Waals surface area (Å²) in [5.41, 5.74) is 0.960. The van der Waals surface area contributed by atoms with E-state index >= 15 is 0 Å². The van der Waals surface area contributed by atoms with Gasteiger partial charge in [0.05, 0.1) is 18.5 Å². The Balaban J connectivity index is 1.97. The maximum absolute atomic E-state index is 12.3. The minimum atomic E-state index is -0.104. The van der Waals surface area contributed by atoms with E-state index in [9.17, 15) is 4.79 Å². The molecule has 7 heteroatoms. The molecule has 0 radical (unpaired) electrons. The van der Waals surface area contributed by atoms with Crippen LogP contribution in [0.4, 0.5) is 5.82 Å². The Morgan fingerprint density at radius 1 is 1.15 bits per heavy atom. The molecule has 0 saturated carbocycles. The van der Waals surface area contributed by atoms with Crippen LogP contribution in [0.25, 0.3) is 10.8 Å². The van der Waals surface area contributed by atoms with Crippen LogP contribution >= 0.6 is 0 Å². The lowest BCUT2D eigenvalue weighted by Crippen LogP contribution is -2.35. The normalized spacial score (nSPS) is 13.6. The number of aryl methyl sites for hydroxylation is 1. The first-order chi connectivity index (χ1) is 12.9. The van der Waals surface area contributed by atoms with E-state index in [1.165, 1.54) is 4.68 Å². The van der Waals surface area contributed by atoms with Crippen LogP contribution in [0.2, 0.25) is 0 Å². The van der Waals surface area contributed by atoms with Gasteiger partial charge in [0.15, 0.2) is 5.82 Å². The van der Waals surface area contributed by atoms with Crippen molar-refractivity contribution in [1.82, 2.24) is 19.7 Å². The number of hydrogen-bond acceptors (Lipinski definition) is 6. The van der Waals surface area contributed by atoms with Gasteiger partial charge in [-0.25, -0.2) is 9.67 Å². The van der Waals surface area contributed by atoms with Crippen LogP contribution in [0.5, 0.6) is 5.88 Å². The first-order valence-electron chi connectivity index (χ1n) is 8.81. The Morgan fingerprint density at radius 2 is 1.85 bits per heavy atom. The lowest BCUT2D eigenvalue weighted by atomic mass is 10.0. The van der Waals surface area contributed by atoms with Crippen molar-refractivity contribution < 1.29 is 4.74 Å². The van der Waals surface area contributed by atoms with Gasteiger partial charge in [-0.15, -0.1) is 0 Å². The first kappa shape index (κ1) is 18.8. The van der Waals surface area contributed by atoms with E-state index in [4.69, 9.17) is 4.74 Å². The average molecular weight is 367 g/mol. The molecule has 2 atom stereocenters. The third-order valence-corrected chi connectivity index (χ3v) is 4.66. The van der Waals surface area contributed by atoms with Gasteiger partial charge in [0.25, 0.3) is 5.56 Å². The highest BCUT2D eigenvalue weighted by Crippen LogP contribution is 2.26. The number of ether oxygens (including phenoxy) is 1. The predicted molar refractivity (Wildman–Crippen MR) is 107 cm³/mol. The van der Waals surface area contributed by atoms with Crippen LogP contribution in [0.3, 0.4) is 0 Å². The molecule has 3 aromatic rings. The molecule has 0 bridgehead atoms. The number of benzene rings is 1. The van der Waals surface area contributed by atoms with Crippen molar-refractivity contribution in [3.05, 3.63) is 58.5 Å². The largest absolute Gasteiger partial charge is 0.481 e. The quantitative estimate of drug-likeness (QED) is 0.721. The zero-order valence-electron chi connectivity index (χ0n) is 16.3. The Hall–Kier alpha value is -2.93. The fraction of sp³-hybridized carbons (Fsp3) is 0.350. The average Bonchev–Trinajstić information content (AvgIpc) is 2.66. The van der Waals surface area contributed by atoms with Crippen LogP contribution in [-0.4, -0.2) is 46.9 Å². The number of methoxy groups -OCH3 is 1. The van der Waals surface area contributed by atoms with E-state index in [0.29, 0.717) is 17.1 Å².